The number of fused-ring (bicyclic) bond motifs is 1. The molecule has 0 amide bonds. The molecule has 31 heavy (non-hydrogen) atoms. The number of ether oxygens (including phenoxy) is 1. The van der Waals surface area contributed by atoms with Crippen molar-refractivity contribution in [3.05, 3.63) is 18.1 Å². The van der Waals surface area contributed by atoms with Crippen LogP contribution < -0.4 is 16.8 Å². The minimum Gasteiger partial charge on any atom is -0.456 e. The van der Waals surface area contributed by atoms with Gasteiger partial charge in [-0.1, -0.05) is 13.8 Å². The van der Waals surface area contributed by atoms with E-state index in [1.165, 1.54) is 6.33 Å². The van der Waals surface area contributed by atoms with Crippen LogP contribution in [0, 0.1) is 5.92 Å². The highest BCUT2D eigenvalue weighted by atomic mass is 32.3. The maximum Gasteiger partial charge on any atom is 0.394 e. The van der Waals surface area contributed by atoms with Crippen molar-refractivity contribution >= 4 is 33.2 Å². The van der Waals surface area contributed by atoms with E-state index in [0.717, 1.165) is 0 Å². The van der Waals surface area contributed by atoms with Gasteiger partial charge in [0.2, 0.25) is 0 Å². The fourth-order valence-corrected chi connectivity index (χ4v) is 3.12. The number of aliphatic hydroxyl groups excluding tert-OH is 2. The number of carbonyl (C=O) groups excluding carboxylic acids is 1. The highest BCUT2D eigenvalue weighted by Crippen LogP contribution is 2.34. The Bertz CT molecular complexity index is 1000. The van der Waals surface area contributed by atoms with Crippen LogP contribution in [-0.4, -0.2) is 79.6 Å². The van der Waals surface area contributed by atoms with Crippen LogP contribution in [0.3, 0.4) is 0 Å². The first-order valence-corrected chi connectivity index (χ1v) is 10.5. The van der Waals surface area contributed by atoms with Gasteiger partial charge in [-0.2, -0.15) is 8.42 Å². The number of aromatic amines is 1. The molecule has 1 fully saturated rings. The number of rotatable bonds is 5. The molecular formula is C16H26N6O8S. The first-order chi connectivity index (χ1) is 14.3. The predicted octanol–water partition coefficient (Wildman–Crippen LogP) is -1.85. The van der Waals surface area contributed by atoms with E-state index < -0.39 is 46.7 Å². The minimum atomic E-state index is -4.67. The predicted molar refractivity (Wildman–Crippen MR) is 108 cm³/mol. The standard InChI is InChI=1S/C16H24N6O4.H2O4S/c1-6(2)9(17)16(25)26-14-11(22-8(4-23)13(14)24)7-3-19-12-10(7)20-5-21-15(12)18;1-5(2,3)4/h3,5-6,8-9,11,13-14,19,22-24H,4,17H2,1-2H3,(H2,18,20,21);(H2,1,2,3,4)/t8-,9+,11+,13-,14+;/m1./s1. The van der Waals surface area contributed by atoms with E-state index in [2.05, 4.69) is 20.3 Å². The van der Waals surface area contributed by atoms with Crippen molar-refractivity contribution in [2.24, 2.45) is 11.7 Å². The van der Waals surface area contributed by atoms with Crippen molar-refractivity contribution in [2.45, 2.75) is 44.2 Å². The van der Waals surface area contributed by atoms with E-state index in [0.29, 0.717) is 16.6 Å². The number of esters is 1. The van der Waals surface area contributed by atoms with Crippen molar-refractivity contribution < 1.29 is 37.3 Å². The third-order valence-electron chi connectivity index (χ3n) is 4.77. The lowest BCUT2D eigenvalue weighted by atomic mass is 10.0. The van der Waals surface area contributed by atoms with E-state index in [1.807, 2.05) is 13.8 Å². The number of hydrogen-bond acceptors (Lipinski definition) is 11. The molecule has 0 aromatic carbocycles. The van der Waals surface area contributed by atoms with Crippen molar-refractivity contribution in [1.82, 2.24) is 20.3 Å². The van der Waals surface area contributed by atoms with Gasteiger partial charge in [-0.25, -0.2) is 9.97 Å². The summed E-state index contributed by atoms with van der Waals surface area (Å²) in [6, 6.07) is -2.05. The highest BCUT2D eigenvalue weighted by molar-refractivity contribution is 7.79. The summed E-state index contributed by atoms with van der Waals surface area (Å²) in [5, 5.41) is 23.1. The number of aromatic nitrogens is 3. The maximum absolute atomic E-state index is 12.3. The van der Waals surface area contributed by atoms with Crippen LogP contribution in [0.25, 0.3) is 11.0 Å². The highest BCUT2D eigenvalue weighted by Gasteiger charge is 2.46. The van der Waals surface area contributed by atoms with Gasteiger partial charge in [-0.15, -0.1) is 0 Å². The van der Waals surface area contributed by atoms with Crippen molar-refractivity contribution in [1.29, 1.82) is 0 Å². The average Bonchev–Trinajstić information content (AvgIpc) is 3.22. The van der Waals surface area contributed by atoms with E-state index in [1.54, 1.807) is 6.20 Å². The Kier molecular flexibility index (Phi) is 7.87. The molecule has 10 N–H and O–H groups in total. The molecule has 2 aromatic heterocycles. The summed E-state index contributed by atoms with van der Waals surface area (Å²) in [5.74, 6) is -0.431. The molecule has 1 aliphatic heterocycles. The second-order valence-electron chi connectivity index (χ2n) is 7.27. The molecule has 0 saturated carbocycles. The molecule has 1 saturated heterocycles. The molecule has 0 bridgehead atoms. The Morgan fingerprint density at radius 3 is 2.48 bits per heavy atom. The molecular weight excluding hydrogens is 436 g/mol. The molecule has 0 aliphatic carbocycles. The molecule has 5 atom stereocenters. The Morgan fingerprint density at radius 2 is 1.94 bits per heavy atom. The first-order valence-electron chi connectivity index (χ1n) is 9.13. The monoisotopic (exact) mass is 462 g/mol. The van der Waals surface area contributed by atoms with E-state index in [4.69, 9.17) is 33.7 Å². The lowest BCUT2D eigenvalue weighted by Crippen LogP contribution is -2.43. The number of anilines is 1. The van der Waals surface area contributed by atoms with Crippen LogP contribution >= 0.6 is 0 Å². The molecule has 3 heterocycles. The average molecular weight is 462 g/mol. The van der Waals surface area contributed by atoms with Crippen LogP contribution in [-0.2, 0) is 19.9 Å². The maximum atomic E-state index is 12.3. The Balaban J connectivity index is 0.000000614. The molecule has 14 nitrogen and oxygen atoms in total. The summed E-state index contributed by atoms with van der Waals surface area (Å²) in [4.78, 5) is 23.5. The molecule has 15 heteroatoms. The van der Waals surface area contributed by atoms with Gasteiger partial charge < -0.3 is 31.4 Å². The second kappa shape index (κ2) is 9.82. The molecule has 174 valence electrons. The van der Waals surface area contributed by atoms with E-state index >= 15 is 0 Å². The largest absolute Gasteiger partial charge is 0.456 e. The topological polar surface area (TPSA) is 247 Å². The number of H-pyrrole nitrogens is 1. The molecule has 2 aromatic rings. The van der Waals surface area contributed by atoms with Gasteiger partial charge >= 0.3 is 16.4 Å². The number of nitrogens with two attached hydrogens (primary N) is 2. The Morgan fingerprint density at radius 1 is 1.32 bits per heavy atom. The Hall–Kier alpha value is -2.40. The van der Waals surface area contributed by atoms with Crippen molar-refractivity contribution in [3.8, 4) is 0 Å². The SMILES string of the molecule is CC(C)[C@H](N)C(=O)O[C@@H]1[C@H](O)[C@@H](CO)N[C@H]1c1c[nH]c2c(N)ncnc12.O=S(=O)(O)O. The van der Waals surface area contributed by atoms with Gasteiger partial charge in [0, 0.05) is 11.8 Å². The fraction of sp³-hybridized carbons (Fsp3) is 0.562. The quantitative estimate of drug-likeness (QED) is 0.180. The molecule has 0 radical (unpaired) electrons. The molecule has 0 unspecified atom stereocenters. The lowest BCUT2D eigenvalue weighted by molar-refractivity contribution is -0.157. The zero-order valence-electron chi connectivity index (χ0n) is 16.7. The summed E-state index contributed by atoms with van der Waals surface area (Å²) in [6.45, 7) is 3.30. The van der Waals surface area contributed by atoms with Crippen LogP contribution in [0.1, 0.15) is 25.5 Å². The third-order valence-corrected chi connectivity index (χ3v) is 4.77. The van der Waals surface area contributed by atoms with E-state index in [-0.39, 0.29) is 18.3 Å². The smallest absolute Gasteiger partial charge is 0.394 e. The number of aliphatic hydroxyl groups is 2. The van der Waals surface area contributed by atoms with Gasteiger partial charge in [-0.05, 0) is 5.92 Å². The molecule has 1 aliphatic rings. The summed E-state index contributed by atoms with van der Waals surface area (Å²) in [6.07, 6.45) is 0.972. The van der Waals surface area contributed by atoms with Crippen LogP contribution in [0.5, 0.6) is 0 Å². The summed E-state index contributed by atoms with van der Waals surface area (Å²) < 4.78 is 37.1. The van der Waals surface area contributed by atoms with Crippen LogP contribution in [0.15, 0.2) is 12.5 Å². The van der Waals surface area contributed by atoms with Gasteiger partial charge in [-0.3, -0.25) is 19.2 Å². The van der Waals surface area contributed by atoms with Crippen LogP contribution in [0.4, 0.5) is 5.82 Å². The minimum absolute atomic E-state index is 0.110. The van der Waals surface area contributed by atoms with Crippen molar-refractivity contribution in [3.63, 3.8) is 0 Å². The van der Waals surface area contributed by atoms with Crippen molar-refractivity contribution in [2.75, 3.05) is 12.3 Å². The van der Waals surface area contributed by atoms with Gasteiger partial charge in [0.15, 0.2) is 5.82 Å². The van der Waals surface area contributed by atoms with Gasteiger partial charge in [0.25, 0.3) is 0 Å². The summed E-state index contributed by atoms with van der Waals surface area (Å²) >= 11 is 0. The Labute approximate surface area is 177 Å². The molecule has 3 rings (SSSR count). The zero-order chi connectivity index (χ0) is 23.5. The summed E-state index contributed by atoms with van der Waals surface area (Å²) in [5.41, 5.74) is 13.5. The molecule has 0 spiro atoms. The zero-order valence-corrected chi connectivity index (χ0v) is 17.5. The number of carbonyl (C=O) groups is 1. The number of nitrogens with zero attached hydrogens (tertiary/aromatic N) is 2. The van der Waals surface area contributed by atoms with Gasteiger partial charge in [0.1, 0.15) is 30.1 Å². The summed E-state index contributed by atoms with van der Waals surface area (Å²) in [7, 11) is -4.67. The van der Waals surface area contributed by atoms with Gasteiger partial charge in [0.05, 0.1) is 24.2 Å². The normalized spacial score (nSPS) is 24.6. The number of nitrogen functional groups attached to an aromatic ring is 1. The second-order valence-corrected chi connectivity index (χ2v) is 8.17. The van der Waals surface area contributed by atoms with Crippen LogP contribution in [0.2, 0.25) is 0 Å². The number of nitrogens with one attached hydrogen (secondary N) is 2. The number of hydrogen-bond donors (Lipinski definition) is 8. The van der Waals surface area contributed by atoms with E-state index in [9.17, 15) is 15.0 Å². The lowest BCUT2D eigenvalue weighted by Gasteiger charge is -2.24. The third kappa shape index (κ3) is 6.07. The fourth-order valence-electron chi connectivity index (χ4n) is 3.12. The first kappa shape index (κ1) is 24.9.